The molecule has 3 heteroatoms. The van der Waals surface area contributed by atoms with Crippen LogP contribution in [0.2, 0.25) is 0 Å². The molecule has 0 aliphatic carbocycles. The standard InChI is InChI=1S/C13H13BrN2/c14-12-7-4-8-16-13(12)11(9-15)10-5-2-1-3-6-10/h1-8,11H,9,15H2. The molecule has 16 heavy (non-hydrogen) atoms. The second kappa shape index (κ2) is 5.23. The van der Waals surface area contributed by atoms with Gasteiger partial charge >= 0.3 is 0 Å². The number of hydrogen-bond acceptors (Lipinski definition) is 2. The largest absolute Gasteiger partial charge is 0.329 e. The highest BCUT2D eigenvalue weighted by molar-refractivity contribution is 9.10. The first kappa shape index (κ1) is 11.3. The molecule has 82 valence electrons. The van der Waals surface area contributed by atoms with Crippen molar-refractivity contribution in [1.29, 1.82) is 0 Å². The zero-order valence-electron chi connectivity index (χ0n) is 8.81. The van der Waals surface area contributed by atoms with Crippen LogP contribution in [0.1, 0.15) is 17.2 Å². The van der Waals surface area contributed by atoms with Crippen molar-refractivity contribution in [2.24, 2.45) is 5.73 Å². The van der Waals surface area contributed by atoms with Crippen molar-refractivity contribution >= 4 is 15.9 Å². The van der Waals surface area contributed by atoms with Gasteiger partial charge in [0.15, 0.2) is 0 Å². The minimum atomic E-state index is 0.150. The number of aromatic nitrogens is 1. The average molecular weight is 277 g/mol. The van der Waals surface area contributed by atoms with Crippen molar-refractivity contribution in [3.05, 3.63) is 64.4 Å². The Morgan fingerprint density at radius 1 is 1.12 bits per heavy atom. The number of rotatable bonds is 3. The summed E-state index contributed by atoms with van der Waals surface area (Å²) in [5, 5.41) is 0. The topological polar surface area (TPSA) is 38.9 Å². The van der Waals surface area contributed by atoms with E-state index in [4.69, 9.17) is 5.73 Å². The zero-order valence-corrected chi connectivity index (χ0v) is 10.4. The molecule has 2 N–H and O–H groups in total. The van der Waals surface area contributed by atoms with Gasteiger partial charge in [0.05, 0.1) is 5.69 Å². The fourth-order valence-corrected chi connectivity index (χ4v) is 2.28. The Labute approximate surface area is 104 Å². The molecular formula is C13H13BrN2. The maximum absolute atomic E-state index is 5.84. The van der Waals surface area contributed by atoms with Crippen LogP contribution in [-0.2, 0) is 0 Å². The van der Waals surface area contributed by atoms with E-state index >= 15 is 0 Å². The van der Waals surface area contributed by atoms with Gasteiger partial charge in [-0.1, -0.05) is 30.3 Å². The molecule has 0 aliphatic rings. The van der Waals surface area contributed by atoms with Gasteiger partial charge in [-0.2, -0.15) is 0 Å². The Bertz CT molecular complexity index is 456. The molecule has 0 radical (unpaired) electrons. The van der Waals surface area contributed by atoms with Gasteiger partial charge in [-0.3, -0.25) is 4.98 Å². The van der Waals surface area contributed by atoms with Gasteiger partial charge < -0.3 is 5.73 Å². The number of benzene rings is 1. The minimum absolute atomic E-state index is 0.150. The Hall–Kier alpha value is -1.19. The smallest absolute Gasteiger partial charge is 0.0632 e. The molecule has 1 atom stereocenters. The first-order valence-electron chi connectivity index (χ1n) is 5.18. The Morgan fingerprint density at radius 2 is 1.88 bits per heavy atom. The monoisotopic (exact) mass is 276 g/mol. The lowest BCUT2D eigenvalue weighted by Crippen LogP contribution is -2.15. The molecule has 2 aromatic rings. The van der Waals surface area contributed by atoms with Crippen molar-refractivity contribution < 1.29 is 0 Å². The summed E-state index contributed by atoms with van der Waals surface area (Å²) in [6, 6.07) is 14.1. The van der Waals surface area contributed by atoms with Crippen LogP contribution in [0.4, 0.5) is 0 Å². The summed E-state index contributed by atoms with van der Waals surface area (Å²) in [4.78, 5) is 4.40. The number of hydrogen-bond donors (Lipinski definition) is 1. The molecule has 0 saturated carbocycles. The highest BCUT2D eigenvalue weighted by Crippen LogP contribution is 2.27. The normalized spacial score (nSPS) is 12.4. The molecule has 2 rings (SSSR count). The van der Waals surface area contributed by atoms with Gasteiger partial charge in [-0.05, 0) is 33.6 Å². The third-order valence-electron chi connectivity index (χ3n) is 2.55. The molecule has 1 heterocycles. The molecule has 0 amide bonds. The Kier molecular flexibility index (Phi) is 3.70. The van der Waals surface area contributed by atoms with Crippen molar-refractivity contribution in [3.63, 3.8) is 0 Å². The zero-order chi connectivity index (χ0) is 11.4. The third kappa shape index (κ3) is 2.31. The molecular weight excluding hydrogens is 264 g/mol. The van der Waals surface area contributed by atoms with Gasteiger partial charge in [-0.15, -0.1) is 0 Å². The van der Waals surface area contributed by atoms with Crippen LogP contribution in [0.5, 0.6) is 0 Å². The lowest BCUT2D eigenvalue weighted by molar-refractivity contribution is 0.782. The van der Waals surface area contributed by atoms with Gasteiger partial charge in [0.25, 0.3) is 0 Å². The number of halogens is 1. The van der Waals surface area contributed by atoms with Crippen LogP contribution in [0.25, 0.3) is 0 Å². The summed E-state index contributed by atoms with van der Waals surface area (Å²) in [5.41, 5.74) is 8.04. The van der Waals surface area contributed by atoms with Crippen molar-refractivity contribution in [1.82, 2.24) is 4.98 Å². The maximum atomic E-state index is 5.84. The van der Waals surface area contributed by atoms with Crippen molar-refractivity contribution in [3.8, 4) is 0 Å². The lowest BCUT2D eigenvalue weighted by atomic mass is 9.95. The second-order valence-electron chi connectivity index (χ2n) is 3.57. The lowest BCUT2D eigenvalue weighted by Gasteiger charge is -2.15. The highest BCUT2D eigenvalue weighted by Gasteiger charge is 2.15. The summed E-state index contributed by atoms with van der Waals surface area (Å²) in [6.45, 7) is 0.555. The van der Waals surface area contributed by atoms with Crippen molar-refractivity contribution in [2.75, 3.05) is 6.54 Å². The number of pyridine rings is 1. The van der Waals surface area contributed by atoms with E-state index in [0.29, 0.717) is 6.54 Å². The van der Waals surface area contributed by atoms with Crippen LogP contribution >= 0.6 is 15.9 Å². The van der Waals surface area contributed by atoms with E-state index in [1.807, 2.05) is 30.3 Å². The quantitative estimate of drug-likeness (QED) is 0.936. The molecule has 1 aromatic carbocycles. The van der Waals surface area contributed by atoms with E-state index in [1.54, 1.807) is 6.20 Å². The Balaban J connectivity index is 2.41. The minimum Gasteiger partial charge on any atom is -0.329 e. The summed E-state index contributed by atoms with van der Waals surface area (Å²) in [7, 11) is 0. The molecule has 0 fully saturated rings. The molecule has 0 aliphatic heterocycles. The van der Waals surface area contributed by atoms with Gasteiger partial charge in [0, 0.05) is 23.1 Å². The van der Waals surface area contributed by atoms with E-state index in [2.05, 4.69) is 33.0 Å². The fourth-order valence-electron chi connectivity index (χ4n) is 1.75. The second-order valence-corrected chi connectivity index (χ2v) is 4.42. The van der Waals surface area contributed by atoms with Gasteiger partial charge in [-0.25, -0.2) is 0 Å². The van der Waals surface area contributed by atoms with E-state index in [-0.39, 0.29) is 5.92 Å². The Morgan fingerprint density at radius 3 is 2.50 bits per heavy atom. The van der Waals surface area contributed by atoms with Crippen LogP contribution in [0.15, 0.2) is 53.1 Å². The average Bonchev–Trinajstić information content (AvgIpc) is 2.34. The fraction of sp³-hybridized carbons (Fsp3) is 0.154. The number of nitrogens with zero attached hydrogens (tertiary/aromatic N) is 1. The summed E-state index contributed by atoms with van der Waals surface area (Å²) in [6.07, 6.45) is 1.80. The highest BCUT2D eigenvalue weighted by atomic mass is 79.9. The van der Waals surface area contributed by atoms with E-state index in [1.165, 1.54) is 5.56 Å². The van der Waals surface area contributed by atoms with Crippen LogP contribution in [0.3, 0.4) is 0 Å². The van der Waals surface area contributed by atoms with E-state index < -0.39 is 0 Å². The predicted molar refractivity (Wildman–Crippen MR) is 69.3 cm³/mol. The molecule has 0 spiro atoms. The maximum Gasteiger partial charge on any atom is 0.0632 e. The van der Waals surface area contributed by atoms with Crippen LogP contribution < -0.4 is 5.73 Å². The summed E-state index contributed by atoms with van der Waals surface area (Å²) < 4.78 is 1.01. The molecule has 0 bridgehead atoms. The molecule has 1 unspecified atom stereocenters. The first-order valence-corrected chi connectivity index (χ1v) is 5.97. The molecule has 0 saturated heterocycles. The van der Waals surface area contributed by atoms with E-state index in [9.17, 15) is 0 Å². The summed E-state index contributed by atoms with van der Waals surface area (Å²) >= 11 is 3.52. The third-order valence-corrected chi connectivity index (χ3v) is 3.23. The summed E-state index contributed by atoms with van der Waals surface area (Å²) in [5.74, 6) is 0.150. The van der Waals surface area contributed by atoms with Crippen molar-refractivity contribution in [2.45, 2.75) is 5.92 Å². The first-order chi connectivity index (χ1) is 7.83. The predicted octanol–water partition coefficient (Wildman–Crippen LogP) is 2.93. The SMILES string of the molecule is NCC(c1ccccc1)c1ncccc1Br. The number of nitrogens with two attached hydrogens (primary N) is 1. The van der Waals surface area contributed by atoms with E-state index in [0.717, 1.165) is 10.2 Å². The van der Waals surface area contributed by atoms with Gasteiger partial charge in [0.2, 0.25) is 0 Å². The van der Waals surface area contributed by atoms with Crippen LogP contribution in [0, 0.1) is 0 Å². The van der Waals surface area contributed by atoms with Gasteiger partial charge in [0.1, 0.15) is 0 Å². The van der Waals surface area contributed by atoms with Crippen LogP contribution in [-0.4, -0.2) is 11.5 Å². The molecule has 1 aromatic heterocycles. The molecule has 2 nitrogen and oxygen atoms in total.